The second-order valence-corrected chi connectivity index (χ2v) is 7.84. The predicted molar refractivity (Wildman–Crippen MR) is 111 cm³/mol. The molecule has 0 amide bonds. The normalized spacial score (nSPS) is 11.0. The van der Waals surface area contributed by atoms with Gasteiger partial charge in [0.05, 0.1) is 5.56 Å². The summed E-state index contributed by atoms with van der Waals surface area (Å²) in [6.45, 7) is 6.75. The number of nitrogens with zero attached hydrogens (tertiary/aromatic N) is 2. The van der Waals surface area contributed by atoms with Crippen LogP contribution in [0, 0.1) is 11.3 Å². The van der Waals surface area contributed by atoms with E-state index in [1.165, 1.54) is 11.6 Å². The van der Waals surface area contributed by atoms with Gasteiger partial charge in [0.1, 0.15) is 29.8 Å². The van der Waals surface area contributed by atoms with Crippen molar-refractivity contribution in [2.45, 2.75) is 32.8 Å². The van der Waals surface area contributed by atoms with Gasteiger partial charge in [0.15, 0.2) is 0 Å². The summed E-state index contributed by atoms with van der Waals surface area (Å²) < 4.78 is 5.81. The lowest BCUT2D eigenvalue weighted by Crippen LogP contribution is -2.18. The fourth-order valence-electron chi connectivity index (χ4n) is 2.85. The number of carbonyl (C=O) groups is 1. The molecule has 1 aromatic heterocycles. The van der Waals surface area contributed by atoms with Crippen LogP contribution in [0.25, 0.3) is 11.4 Å². The number of hydrogen-bond acceptors (Lipinski definition) is 5. The Morgan fingerprint density at radius 3 is 2.47 bits per heavy atom. The lowest BCUT2D eigenvalue weighted by Gasteiger charge is -2.19. The summed E-state index contributed by atoms with van der Waals surface area (Å²) in [5.74, 6) is -0.774. The molecule has 0 atom stereocenters. The average Bonchev–Trinajstić information content (AvgIpc) is 2.71. The Hall–Kier alpha value is -3.92. The first-order valence-corrected chi connectivity index (χ1v) is 9.28. The molecule has 2 aromatic carbocycles. The van der Waals surface area contributed by atoms with Crippen molar-refractivity contribution in [1.82, 2.24) is 9.97 Å². The zero-order valence-corrected chi connectivity index (χ0v) is 16.9. The summed E-state index contributed by atoms with van der Waals surface area (Å²) >= 11 is 0. The Morgan fingerprint density at radius 1 is 1.20 bits per heavy atom. The molecule has 1 heterocycles. The van der Waals surface area contributed by atoms with Gasteiger partial charge in [-0.25, -0.2) is 9.78 Å². The van der Waals surface area contributed by atoms with Gasteiger partial charge in [-0.3, -0.25) is 4.79 Å². The van der Waals surface area contributed by atoms with Crippen LogP contribution in [-0.2, 0) is 12.0 Å². The van der Waals surface area contributed by atoms with Crippen molar-refractivity contribution in [3.63, 3.8) is 0 Å². The smallest absolute Gasteiger partial charge is 0.342 e. The zero-order chi connectivity index (χ0) is 21.9. The summed E-state index contributed by atoms with van der Waals surface area (Å²) in [6, 6.07) is 15.0. The fraction of sp³-hybridized carbons (Fsp3) is 0.217. The number of nitrogens with one attached hydrogen (secondary N) is 1. The fourth-order valence-corrected chi connectivity index (χ4v) is 2.85. The molecule has 0 fully saturated rings. The number of hydrogen-bond donors (Lipinski definition) is 2. The first-order chi connectivity index (χ1) is 14.2. The molecule has 0 radical (unpaired) electrons. The van der Waals surface area contributed by atoms with E-state index >= 15 is 0 Å². The number of ether oxygens (including phenoxy) is 1. The Bertz CT molecular complexity index is 1180. The van der Waals surface area contributed by atoms with E-state index in [4.69, 9.17) is 9.84 Å². The number of H-pyrrole nitrogens is 1. The number of rotatable bonds is 5. The minimum Gasteiger partial charge on any atom is -0.488 e. The molecular formula is C23H21N3O4. The number of carboxylic acid groups (broad SMARTS) is 1. The third-order valence-corrected chi connectivity index (χ3v) is 4.62. The van der Waals surface area contributed by atoms with Crippen molar-refractivity contribution >= 4 is 5.97 Å². The van der Waals surface area contributed by atoms with Gasteiger partial charge in [-0.2, -0.15) is 5.26 Å². The lowest BCUT2D eigenvalue weighted by molar-refractivity contribution is 0.0694. The van der Waals surface area contributed by atoms with Crippen LogP contribution < -0.4 is 10.3 Å². The first kappa shape index (κ1) is 20.8. The van der Waals surface area contributed by atoms with Crippen molar-refractivity contribution in [3.05, 3.63) is 81.3 Å². The summed E-state index contributed by atoms with van der Waals surface area (Å²) in [5.41, 5.74) is 1.82. The van der Waals surface area contributed by atoms with Crippen LogP contribution in [0.4, 0.5) is 0 Å². The molecule has 7 heteroatoms. The van der Waals surface area contributed by atoms with Crippen molar-refractivity contribution in [3.8, 4) is 23.2 Å². The van der Waals surface area contributed by atoms with Gasteiger partial charge >= 0.3 is 5.97 Å². The lowest BCUT2D eigenvalue weighted by atomic mass is 9.87. The van der Waals surface area contributed by atoms with Crippen molar-refractivity contribution in [2.75, 3.05) is 0 Å². The van der Waals surface area contributed by atoms with E-state index in [0.29, 0.717) is 17.9 Å². The van der Waals surface area contributed by atoms with Crippen LogP contribution in [0.15, 0.2) is 53.5 Å². The predicted octanol–water partition coefficient (Wildman–Crippen LogP) is 3.88. The monoisotopic (exact) mass is 403 g/mol. The third-order valence-electron chi connectivity index (χ3n) is 4.62. The van der Waals surface area contributed by atoms with Crippen LogP contribution in [0.5, 0.6) is 5.75 Å². The number of aromatic carboxylic acids is 1. The number of aromatic nitrogens is 2. The van der Waals surface area contributed by atoms with Gasteiger partial charge in [0.2, 0.25) is 0 Å². The Morgan fingerprint density at radius 2 is 1.90 bits per heavy atom. The topological polar surface area (TPSA) is 116 Å². The number of nitriles is 1. The van der Waals surface area contributed by atoms with Gasteiger partial charge in [-0.1, -0.05) is 45.0 Å². The van der Waals surface area contributed by atoms with Gasteiger partial charge in [0, 0.05) is 11.8 Å². The summed E-state index contributed by atoms with van der Waals surface area (Å²) in [7, 11) is 0. The maximum Gasteiger partial charge on any atom is 0.342 e. The van der Waals surface area contributed by atoms with E-state index in [1.54, 1.807) is 12.1 Å². The summed E-state index contributed by atoms with van der Waals surface area (Å²) in [4.78, 5) is 29.2. The number of aromatic amines is 1. The van der Waals surface area contributed by atoms with Crippen LogP contribution >= 0.6 is 0 Å². The molecule has 0 saturated carbocycles. The van der Waals surface area contributed by atoms with Crippen LogP contribution in [0.3, 0.4) is 0 Å². The van der Waals surface area contributed by atoms with E-state index in [-0.39, 0.29) is 16.8 Å². The molecule has 0 aliphatic rings. The highest BCUT2D eigenvalue weighted by atomic mass is 16.5. The Balaban J connectivity index is 1.80. The second kappa shape index (κ2) is 8.21. The van der Waals surface area contributed by atoms with Gasteiger partial charge in [-0.15, -0.1) is 0 Å². The average molecular weight is 403 g/mol. The maximum absolute atomic E-state index is 11.9. The van der Waals surface area contributed by atoms with E-state index in [0.717, 1.165) is 11.8 Å². The molecule has 2 N–H and O–H groups in total. The molecule has 3 rings (SSSR count). The minimum atomic E-state index is -1.35. The molecule has 0 aliphatic heterocycles. The summed E-state index contributed by atoms with van der Waals surface area (Å²) in [5, 5.41) is 18.4. The van der Waals surface area contributed by atoms with Crippen molar-refractivity contribution in [1.29, 1.82) is 5.26 Å². The molecule has 0 saturated heterocycles. The molecule has 0 aliphatic carbocycles. The molecule has 0 bridgehead atoms. The Labute approximate surface area is 173 Å². The number of benzene rings is 2. The third kappa shape index (κ3) is 4.55. The molecule has 3 aromatic rings. The SMILES string of the molecule is CC(C)(C)c1ccc(COc2ccc(-c3ncc(C(=O)O)c(=O)[nH]3)cc2C#N)cc1. The van der Waals surface area contributed by atoms with Crippen LogP contribution in [-0.4, -0.2) is 21.0 Å². The van der Waals surface area contributed by atoms with Crippen molar-refractivity contribution in [2.24, 2.45) is 0 Å². The maximum atomic E-state index is 11.9. The summed E-state index contributed by atoms with van der Waals surface area (Å²) in [6.07, 6.45) is 0.994. The van der Waals surface area contributed by atoms with Crippen LogP contribution in [0.2, 0.25) is 0 Å². The minimum absolute atomic E-state index is 0.0703. The highest BCUT2D eigenvalue weighted by molar-refractivity contribution is 5.86. The van der Waals surface area contributed by atoms with E-state index in [2.05, 4.69) is 48.9 Å². The van der Waals surface area contributed by atoms with Gasteiger partial charge in [0.25, 0.3) is 5.56 Å². The quantitative estimate of drug-likeness (QED) is 0.668. The standard InChI is InChI=1S/C23H21N3O4/c1-23(2,3)17-7-4-14(5-8-17)13-30-19-9-6-15(10-16(19)11-24)20-25-12-18(22(28)29)21(27)26-20/h4-10,12H,13H2,1-3H3,(H,28,29)(H,25,26,27). The molecule has 30 heavy (non-hydrogen) atoms. The highest BCUT2D eigenvalue weighted by Gasteiger charge is 2.14. The van der Waals surface area contributed by atoms with E-state index in [9.17, 15) is 14.9 Å². The molecule has 0 unspecified atom stereocenters. The highest BCUT2D eigenvalue weighted by Crippen LogP contribution is 2.26. The molecule has 0 spiro atoms. The largest absolute Gasteiger partial charge is 0.488 e. The van der Waals surface area contributed by atoms with Crippen molar-refractivity contribution < 1.29 is 14.6 Å². The van der Waals surface area contributed by atoms with Gasteiger partial charge in [-0.05, 0) is 34.7 Å². The second-order valence-electron chi connectivity index (χ2n) is 7.84. The Kier molecular flexibility index (Phi) is 5.70. The number of carboxylic acids is 1. The first-order valence-electron chi connectivity index (χ1n) is 9.28. The molecular weight excluding hydrogens is 382 g/mol. The van der Waals surface area contributed by atoms with Gasteiger partial charge < -0.3 is 14.8 Å². The molecule has 7 nitrogen and oxygen atoms in total. The zero-order valence-electron chi connectivity index (χ0n) is 16.9. The van der Waals surface area contributed by atoms with Crippen LogP contribution in [0.1, 0.15) is 47.8 Å². The molecule has 152 valence electrons. The van der Waals surface area contributed by atoms with E-state index in [1.807, 2.05) is 12.1 Å². The van der Waals surface area contributed by atoms with E-state index < -0.39 is 17.1 Å².